The fourth-order valence-corrected chi connectivity index (χ4v) is 2.62. The molecule has 1 saturated heterocycles. The first-order chi connectivity index (χ1) is 8.61. The first-order valence-corrected chi connectivity index (χ1v) is 8.10. The summed E-state index contributed by atoms with van der Waals surface area (Å²) in [5.41, 5.74) is 0. The third-order valence-electron chi connectivity index (χ3n) is 2.87. The summed E-state index contributed by atoms with van der Waals surface area (Å²) >= 11 is 0. The van der Waals surface area contributed by atoms with Gasteiger partial charge in [0.1, 0.15) is 0 Å². The number of hydrogen-bond acceptors (Lipinski definition) is 4. The Kier molecular flexibility index (Phi) is 8.01. The third kappa shape index (κ3) is 7.43. The number of hydrogen-bond donors (Lipinski definition) is 5. The maximum Gasteiger partial charge on any atom is 0.403 e. The van der Waals surface area contributed by atoms with Gasteiger partial charge in [-0.3, -0.25) is 0 Å². The van der Waals surface area contributed by atoms with Crippen molar-refractivity contribution in [3.05, 3.63) is 0 Å². The monoisotopic (exact) mass is 280 g/mol. The molecule has 18 heavy (non-hydrogen) atoms. The first kappa shape index (κ1) is 16.0. The Bertz CT molecular complexity index is 248. The molecule has 1 rings (SSSR count). The van der Waals surface area contributed by atoms with E-state index >= 15 is 0 Å². The highest BCUT2D eigenvalue weighted by atomic mass is 31.2. The van der Waals surface area contributed by atoms with Gasteiger partial charge in [0.15, 0.2) is 0 Å². The molecular formula is C10H25N4O3P. The van der Waals surface area contributed by atoms with Crippen LogP contribution in [0.2, 0.25) is 0 Å². The highest BCUT2D eigenvalue weighted by Crippen LogP contribution is 2.39. The maximum absolute atomic E-state index is 11.3. The number of nitrogens with zero attached hydrogens (tertiary/aromatic N) is 1. The second-order valence-electron chi connectivity index (χ2n) is 4.42. The van der Waals surface area contributed by atoms with E-state index < -0.39 is 7.75 Å². The lowest BCUT2D eigenvalue weighted by Crippen LogP contribution is -2.35. The normalized spacial score (nSPS) is 23.4. The summed E-state index contributed by atoms with van der Waals surface area (Å²) in [5.74, 6) is 0. The van der Waals surface area contributed by atoms with Crippen molar-refractivity contribution in [3.63, 3.8) is 0 Å². The van der Waals surface area contributed by atoms with Crippen molar-refractivity contribution in [2.75, 3.05) is 52.4 Å². The predicted octanol–water partition coefficient (Wildman–Crippen LogP) is -1.06. The van der Waals surface area contributed by atoms with Gasteiger partial charge in [-0.25, -0.2) is 9.24 Å². The minimum atomic E-state index is -4.11. The van der Waals surface area contributed by atoms with Crippen LogP contribution < -0.4 is 16.0 Å². The van der Waals surface area contributed by atoms with Crippen LogP contribution in [0.1, 0.15) is 12.8 Å². The van der Waals surface area contributed by atoms with Crippen LogP contribution in [0.5, 0.6) is 0 Å². The standard InChI is InChI=1S/C10H25N4O3P/c15-18(16,17)14-9-2-5-12-7-6-11-3-1-4-13-8-10-14/h11-13H,1-10H2,(H2,15,16,17). The van der Waals surface area contributed by atoms with Gasteiger partial charge in [-0.2, -0.15) is 0 Å². The minimum absolute atomic E-state index is 0.387. The van der Waals surface area contributed by atoms with E-state index in [2.05, 4.69) is 16.0 Å². The molecule has 0 aromatic carbocycles. The topological polar surface area (TPSA) is 96.9 Å². The molecule has 1 aliphatic heterocycles. The average Bonchev–Trinajstić information content (AvgIpc) is 2.30. The zero-order chi connectivity index (χ0) is 13.3. The molecule has 7 nitrogen and oxygen atoms in total. The van der Waals surface area contributed by atoms with Crippen LogP contribution in [0, 0.1) is 0 Å². The van der Waals surface area contributed by atoms with Gasteiger partial charge >= 0.3 is 7.75 Å². The van der Waals surface area contributed by atoms with Crippen LogP contribution in [-0.2, 0) is 4.57 Å². The van der Waals surface area contributed by atoms with Crippen molar-refractivity contribution in [2.45, 2.75) is 12.8 Å². The van der Waals surface area contributed by atoms with E-state index in [1.807, 2.05) is 0 Å². The lowest BCUT2D eigenvalue weighted by molar-refractivity contribution is 0.266. The van der Waals surface area contributed by atoms with Gasteiger partial charge in [0, 0.05) is 32.7 Å². The third-order valence-corrected chi connectivity index (χ3v) is 4.01. The molecule has 1 heterocycles. The minimum Gasteiger partial charge on any atom is -0.315 e. The van der Waals surface area contributed by atoms with Gasteiger partial charge in [0.25, 0.3) is 0 Å². The molecule has 0 aromatic rings. The molecule has 108 valence electrons. The Morgan fingerprint density at radius 3 is 1.94 bits per heavy atom. The Morgan fingerprint density at radius 2 is 1.33 bits per heavy atom. The fraction of sp³-hybridized carbons (Fsp3) is 1.00. The van der Waals surface area contributed by atoms with E-state index in [-0.39, 0.29) is 0 Å². The molecule has 1 aliphatic rings. The van der Waals surface area contributed by atoms with Gasteiger partial charge in [-0.05, 0) is 32.5 Å². The summed E-state index contributed by atoms with van der Waals surface area (Å²) in [4.78, 5) is 18.5. The Balaban J connectivity index is 2.36. The molecule has 0 amide bonds. The molecule has 0 radical (unpaired) electrons. The van der Waals surface area contributed by atoms with Crippen molar-refractivity contribution in [1.29, 1.82) is 0 Å². The van der Waals surface area contributed by atoms with Gasteiger partial charge in [-0.15, -0.1) is 0 Å². The van der Waals surface area contributed by atoms with E-state index in [1.165, 1.54) is 4.67 Å². The lowest BCUT2D eigenvalue weighted by Gasteiger charge is -2.23. The quantitative estimate of drug-likeness (QED) is 0.391. The summed E-state index contributed by atoms with van der Waals surface area (Å²) in [7, 11) is -4.11. The molecule has 0 spiro atoms. The smallest absolute Gasteiger partial charge is 0.315 e. The van der Waals surface area contributed by atoms with E-state index in [0.29, 0.717) is 19.6 Å². The summed E-state index contributed by atoms with van der Waals surface area (Å²) in [6.07, 6.45) is 1.76. The van der Waals surface area contributed by atoms with Crippen LogP contribution >= 0.6 is 7.75 Å². The van der Waals surface area contributed by atoms with Crippen molar-refractivity contribution < 1.29 is 14.4 Å². The highest BCUT2D eigenvalue weighted by Gasteiger charge is 2.23. The van der Waals surface area contributed by atoms with Crippen molar-refractivity contribution >= 4 is 7.75 Å². The van der Waals surface area contributed by atoms with Crippen LogP contribution in [0.3, 0.4) is 0 Å². The maximum atomic E-state index is 11.3. The van der Waals surface area contributed by atoms with Gasteiger partial charge in [0.2, 0.25) is 0 Å². The van der Waals surface area contributed by atoms with Gasteiger partial charge in [0.05, 0.1) is 0 Å². The zero-order valence-corrected chi connectivity index (χ0v) is 11.7. The number of rotatable bonds is 1. The summed E-state index contributed by atoms with van der Waals surface area (Å²) in [6, 6.07) is 0. The molecule has 5 N–H and O–H groups in total. The fourth-order valence-electron chi connectivity index (χ4n) is 1.86. The molecule has 0 aromatic heterocycles. The van der Waals surface area contributed by atoms with Crippen molar-refractivity contribution in [3.8, 4) is 0 Å². The predicted molar refractivity (Wildman–Crippen MR) is 71.5 cm³/mol. The highest BCUT2D eigenvalue weighted by molar-refractivity contribution is 7.49. The van der Waals surface area contributed by atoms with Gasteiger partial charge < -0.3 is 25.7 Å². The second kappa shape index (κ2) is 8.98. The second-order valence-corrected chi connectivity index (χ2v) is 6.02. The summed E-state index contributed by atoms with van der Waals surface area (Å²) in [6.45, 7) is 5.87. The Hall–Kier alpha value is -0.0100. The molecule has 1 fully saturated rings. The molecular weight excluding hydrogens is 255 g/mol. The lowest BCUT2D eigenvalue weighted by atomic mass is 10.3. The molecule has 0 saturated carbocycles. The largest absolute Gasteiger partial charge is 0.403 e. The molecule has 0 atom stereocenters. The van der Waals surface area contributed by atoms with Crippen molar-refractivity contribution in [1.82, 2.24) is 20.6 Å². The molecule has 0 unspecified atom stereocenters. The summed E-state index contributed by atoms with van der Waals surface area (Å²) in [5, 5.41) is 9.79. The van der Waals surface area contributed by atoms with E-state index in [9.17, 15) is 14.4 Å². The van der Waals surface area contributed by atoms with E-state index in [0.717, 1.165) is 45.6 Å². The zero-order valence-electron chi connectivity index (χ0n) is 10.8. The molecule has 0 aliphatic carbocycles. The van der Waals surface area contributed by atoms with Crippen LogP contribution in [0.25, 0.3) is 0 Å². The Labute approximate surface area is 109 Å². The average molecular weight is 280 g/mol. The molecule has 0 bridgehead atoms. The van der Waals surface area contributed by atoms with Crippen LogP contribution in [0.4, 0.5) is 0 Å². The van der Waals surface area contributed by atoms with E-state index in [1.54, 1.807) is 0 Å². The van der Waals surface area contributed by atoms with Crippen molar-refractivity contribution in [2.24, 2.45) is 0 Å². The first-order valence-electron chi connectivity index (χ1n) is 6.54. The number of nitrogens with one attached hydrogen (secondary N) is 3. The molecule has 8 heteroatoms. The summed E-state index contributed by atoms with van der Waals surface area (Å²) < 4.78 is 12.5. The van der Waals surface area contributed by atoms with E-state index in [4.69, 9.17) is 0 Å². The van der Waals surface area contributed by atoms with Crippen LogP contribution in [0.15, 0.2) is 0 Å². The Morgan fingerprint density at radius 1 is 0.778 bits per heavy atom. The van der Waals surface area contributed by atoms with Gasteiger partial charge in [-0.1, -0.05) is 0 Å². The van der Waals surface area contributed by atoms with Crippen LogP contribution in [-0.4, -0.2) is 66.8 Å². The SMILES string of the molecule is O=P(O)(O)N1CCCNCCNCCCNCC1.